The molecule has 40 heavy (non-hydrogen) atoms. The van der Waals surface area contributed by atoms with Crippen LogP contribution in [-0.2, 0) is 22.2 Å². The third-order valence-corrected chi connectivity index (χ3v) is 7.79. The fourth-order valence-corrected chi connectivity index (χ4v) is 5.49. The normalized spacial score (nSPS) is 23.3. The van der Waals surface area contributed by atoms with Crippen LogP contribution in [0.1, 0.15) is 44.4 Å². The van der Waals surface area contributed by atoms with E-state index in [4.69, 9.17) is 17.3 Å². The number of pyridine rings is 1. The lowest BCUT2D eigenvalue weighted by Gasteiger charge is -2.29. The molecule has 4 heterocycles. The summed E-state index contributed by atoms with van der Waals surface area (Å²) in [5, 5.41) is 17.3. The van der Waals surface area contributed by atoms with E-state index in [2.05, 4.69) is 10.5 Å². The molecule has 1 saturated heterocycles. The molecule has 5 rings (SSSR count). The van der Waals surface area contributed by atoms with E-state index in [1.165, 1.54) is 13.2 Å². The number of aliphatic imine (C=N–C) groups is 1. The number of amidine groups is 1. The van der Waals surface area contributed by atoms with Gasteiger partial charge in [0, 0.05) is 39.4 Å². The van der Waals surface area contributed by atoms with Crippen molar-refractivity contribution in [3.05, 3.63) is 70.2 Å². The number of hydrogen-bond donors (Lipinski definition) is 2. The van der Waals surface area contributed by atoms with Crippen LogP contribution < -0.4 is 16.5 Å². The first-order valence-corrected chi connectivity index (χ1v) is 13.2. The second-order valence-electron chi connectivity index (χ2n) is 10.8. The predicted octanol–water partition coefficient (Wildman–Crippen LogP) is 0.598. The van der Waals surface area contributed by atoms with Crippen LogP contribution in [0, 0.1) is 5.92 Å². The van der Waals surface area contributed by atoms with Crippen LogP contribution >= 0.6 is 0 Å². The van der Waals surface area contributed by atoms with Gasteiger partial charge in [0.25, 0.3) is 11.5 Å². The molecule has 2 aromatic heterocycles. The number of likely N-dealkylation sites (tertiary alicyclic amines) is 1. The molecule has 12 heteroatoms. The SMILES string of the molecule is [B][B]c1cc(C(C(=O)N2CC(O)CC2C2=NC(C)(c3ccc(-c4cccc(=O)n4C)cc3)C(=O)N2)C(C)C)on1. The van der Waals surface area contributed by atoms with Gasteiger partial charge >= 0.3 is 0 Å². The minimum absolute atomic E-state index is 0.104. The van der Waals surface area contributed by atoms with E-state index in [0.29, 0.717) is 22.8 Å². The number of carbonyl (C=O) groups is 2. The zero-order valence-corrected chi connectivity index (χ0v) is 22.9. The van der Waals surface area contributed by atoms with Crippen molar-refractivity contribution in [1.82, 2.24) is 19.9 Å². The fourth-order valence-electron chi connectivity index (χ4n) is 5.49. The van der Waals surface area contributed by atoms with Gasteiger partial charge < -0.3 is 24.4 Å². The molecular formula is C28H30B2N5O5. The minimum Gasteiger partial charge on any atom is -0.391 e. The largest absolute Gasteiger partial charge is 0.391 e. The van der Waals surface area contributed by atoms with Gasteiger partial charge in [-0.1, -0.05) is 49.3 Å². The summed E-state index contributed by atoms with van der Waals surface area (Å²) in [6, 6.07) is 13.4. The van der Waals surface area contributed by atoms with Crippen LogP contribution in [0.5, 0.6) is 0 Å². The Morgan fingerprint density at radius 3 is 2.60 bits per heavy atom. The van der Waals surface area contributed by atoms with Gasteiger partial charge in [0.1, 0.15) is 24.7 Å². The zero-order valence-electron chi connectivity index (χ0n) is 22.9. The summed E-state index contributed by atoms with van der Waals surface area (Å²) >= 11 is 0. The Bertz CT molecular complexity index is 1530. The third kappa shape index (κ3) is 4.81. The molecule has 203 valence electrons. The number of amides is 2. The van der Waals surface area contributed by atoms with Crippen molar-refractivity contribution in [1.29, 1.82) is 0 Å². The van der Waals surface area contributed by atoms with E-state index >= 15 is 0 Å². The maximum Gasteiger partial charge on any atom is 0.257 e. The van der Waals surface area contributed by atoms with Gasteiger partial charge in [-0.05, 0) is 36.1 Å². The maximum absolute atomic E-state index is 13.8. The topological polar surface area (TPSA) is 130 Å². The van der Waals surface area contributed by atoms with Gasteiger partial charge in [-0.2, -0.15) is 0 Å². The highest BCUT2D eigenvalue weighted by Gasteiger charge is 2.48. The summed E-state index contributed by atoms with van der Waals surface area (Å²) < 4.78 is 6.98. The number of benzene rings is 1. The average Bonchev–Trinajstić information content (AvgIpc) is 3.63. The van der Waals surface area contributed by atoms with Crippen LogP contribution in [0.15, 0.2) is 62.8 Å². The summed E-state index contributed by atoms with van der Waals surface area (Å²) in [6.45, 7) is 5.63. The van der Waals surface area contributed by atoms with Crippen LogP contribution in [0.25, 0.3) is 11.3 Å². The summed E-state index contributed by atoms with van der Waals surface area (Å²) in [5.74, 6) is -0.635. The molecule has 0 bridgehead atoms. The quantitative estimate of drug-likeness (QED) is 0.424. The standard InChI is InChI=1S/C28H30B2N5O5/c1-15(2)24(21-13-22(30-29)33-40-21)26(38)35-14-18(36)12-20(35)25-31-27(39)28(3,32-25)17-10-8-16(9-11-17)19-6-5-7-23(37)34(19)4/h5-11,13,15,18,20,24,36H,12,14H2,1-4H3,(H,31,32,39). The molecule has 4 unspecified atom stereocenters. The Hall–Kier alpha value is -3.92. The summed E-state index contributed by atoms with van der Waals surface area (Å²) in [4.78, 5) is 45.5. The second-order valence-corrected chi connectivity index (χ2v) is 10.8. The molecule has 10 nitrogen and oxygen atoms in total. The smallest absolute Gasteiger partial charge is 0.257 e. The van der Waals surface area contributed by atoms with Gasteiger partial charge in [-0.3, -0.25) is 14.4 Å². The molecule has 3 aromatic rings. The summed E-state index contributed by atoms with van der Waals surface area (Å²) in [7, 11) is 8.56. The lowest BCUT2D eigenvalue weighted by molar-refractivity contribution is -0.134. The van der Waals surface area contributed by atoms with Gasteiger partial charge in [-0.15, -0.1) is 0 Å². The fraction of sp³-hybridized carbons (Fsp3) is 0.393. The Kier molecular flexibility index (Phi) is 7.31. The number of aliphatic hydroxyl groups excluding tert-OH is 1. The monoisotopic (exact) mass is 538 g/mol. The number of nitrogens with one attached hydrogen (secondary N) is 1. The first-order valence-electron chi connectivity index (χ1n) is 13.2. The van der Waals surface area contributed by atoms with Gasteiger partial charge in [-0.25, -0.2) is 4.99 Å². The lowest BCUT2D eigenvalue weighted by atomic mass is 9.53. The highest BCUT2D eigenvalue weighted by molar-refractivity contribution is 6.97. The van der Waals surface area contributed by atoms with Crippen LogP contribution in [0.4, 0.5) is 0 Å². The summed E-state index contributed by atoms with van der Waals surface area (Å²) in [6.07, 6.45) is -0.530. The van der Waals surface area contributed by atoms with Crippen molar-refractivity contribution in [2.45, 2.75) is 50.8 Å². The van der Waals surface area contributed by atoms with E-state index in [1.54, 1.807) is 35.6 Å². The Balaban J connectivity index is 1.44. The highest BCUT2D eigenvalue weighted by atomic mass is 16.5. The molecule has 1 aromatic carbocycles. The second kappa shape index (κ2) is 10.6. The molecule has 4 atom stereocenters. The molecule has 0 aliphatic carbocycles. The number of rotatable bonds is 7. The molecule has 0 spiro atoms. The molecule has 0 saturated carbocycles. The zero-order chi connectivity index (χ0) is 28.8. The molecule has 1 fully saturated rings. The van der Waals surface area contributed by atoms with E-state index < -0.39 is 23.6 Å². The molecule has 2 N–H and O–H groups in total. The number of carbonyl (C=O) groups excluding carboxylic acids is 2. The molecule has 2 aliphatic rings. The van der Waals surface area contributed by atoms with Crippen LogP contribution in [0.2, 0.25) is 0 Å². The van der Waals surface area contributed by atoms with Crippen LogP contribution in [-0.4, -0.2) is 71.0 Å². The third-order valence-electron chi connectivity index (χ3n) is 7.79. The van der Waals surface area contributed by atoms with Gasteiger partial charge in [0.05, 0.1) is 17.8 Å². The minimum atomic E-state index is -1.23. The number of aliphatic hydroxyl groups is 1. The van der Waals surface area contributed by atoms with Crippen molar-refractivity contribution in [3.8, 4) is 11.3 Å². The first kappa shape index (κ1) is 27.6. The van der Waals surface area contributed by atoms with Crippen molar-refractivity contribution in [2.24, 2.45) is 18.0 Å². The van der Waals surface area contributed by atoms with Crippen molar-refractivity contribution < 1.29 is 19.2 Å². The number of hydrogen-bond acceptors (Lipinski definition) is 7. The Morgan fingerprint density at radius 1 is 1.23 bits per heavy atom. The van der Waals surface area contributed by atoms with E-state index in [0.717, 1.165) is 11.3 Å². The van der Waals surface area contributed by atoms with Crippen molar-refractivity contribution >= 4 is 38.2 Å². The Labute approximate surface area is 234 Å². The molecule has 3 radical (unpaired) electrons. The number of nitrogens with zero attached hydrogens (tertiary/aromatic N) is 4. The molecular weight excluding hydrogens is 508 g/mol. The molecule has 2 amide bonds. The van der Waals surface area contributed by atoms with E-state index in [-0.39, 0.29) is 36.3 Å². The van der Waals surface area contributed by atoms with Crippen molar-refractivity contribution in [3.63, 3.8) is 0 Å². The van der Waals surface area contributed by atoms with Gasteiger partial charge in [0.2, 0.25) is 5.91 Å². The average molecular weight is 538 g/mol. The first-order chi connectivity index (χ1) is 19.0. The Morgan fingerprint density at radius 2 is 1.95 bits per heavy atom. The lowest BCUT2D eigenvalue weighted by Crippen LogP contribution is -2.48. The van der Waals surface area contributed by atoms with Crippen molar-refractivity contribution in [2.75, 3.05) is 6.54 Å². The maximum atomic E-state index is 13.8. The van der Waals surface area contributed by atoms with E-state index in [9.17, 15) is 19.5 Å². The summed E-state index contributed by atoms with van der Waals surface area (Å²) in [5.41, 5.74) is 1.32. The van der Waals surface area contributed by atoms with E-state index in [1.807, 2.05) is 44.2 Å². The number of β-amino-alcohol motifs (C(OH)–C–C–N with tert-alkyl or cyclic N) is 1. The molecule has 2 aliphatic heterocycles. The predicted molar refractivity (Wildman–Crippen MR) is 151 cm³/mol. The van der Waals surface area contributed by atoms with Crippen LogP contribution in [0.3, 0.4) is 0 Å². The number of aromatic nitrogens is 2. The van der Waals surface area contributed by atoms with Gasteiger partial charge in [0.15, 0.2) is 5.54 Å². The highest BCUT2D eigenvalue weighted by Crippen LogP contribution is 2.35.